The molecule has 1 aromatic rings. The van der Waals surface area contributed by atoms with Gasteiger partial charge < -0.3 is 14.6 Å². The second-order valence-electron chi connectivity index (χ2n) is 4.87. The Kier molecular flexibility index (Phi) is 4.29. The van der Waals surface area contributed by atoms with Crippen molar-refractivity contribution in [3.63, 3.8) is 0 Å². The molecule has 6 heteroatoms. The fourth-order valence-electron chi connectivity index (χ4n) is 1.93. The number of carbonyl (C=O) groups is 2. The van der Waals surface area contributed by atoms with E-state index in [0.29, 0.717) is 10.6 Å². The molecule has 1 aliphatic rings. The molecule has 0 spiro atoms. The zero-order valence-electron chi connectivity index (χ0n) is 11.0. The van der Waals surface area contributed by atoms with E-state index in [2.05, 4.69) is 21.2 Å². The van der Waals surface area contributed by atoms with Crippen LogP contribution in [0, 0.1) is 5.92 Å². The first-order valence-corrected chi connectivity index (χ1v) is 7.07. The largest absolute Gasteiger partial charge is 0.444 e. The second kappa shape index (κ2) is 5.77. The fourth-order valence-corrected chi connectivity index (χ4v) is 2.23. The molecule has 1 aliphatic carbocycles. The molecule has 0 aromatic carbocycles. The Morgan fingerprint density at radius 3 is 2.74 bits per heavy atom. The van der Waals surface area contributed by atoms with E-state index in [1.54, 1.807) is 24.1 Å². The van der Waals surface area contributed by atoms with Gasteiger partial charge in [-0.15, -0.1) is 0 Å². The van der Waals surface area contributed by atoms with E-state index in [4.69, 9.17) is 4.42 Å². The molecule has 5 nitrogen and oxygen atoms in total. The summed E-state index contributed by atoms with van der Waals surface area (Å²) in [6.45, 7) is 2.03. The summed E-state index contributed by atoms with van der Waals surface area (Å²) in [4.78, 5) is 25.3. The molecule has 1 aromatic heterocycles. The average Bonchev–Trinajstić information content (AvgIpc) is 3.15. The number of halogens is 1. The van der Waals surface area contributed by atoms with Crippen LogP contribution in [-0.4, -0.2) is 36.3 Å². The molecule has 1 saturated carbocycles. The van der Waals surface area contributed by atoms with Gasteiger partial charge in [0.25, 0.3) is 5.91 Å². The molecule has 1 atom stereocenters. The fraction of sp³-hybridized carbons (Fsp3) is 0.538. The summed E-state index contributed by atoms with van der Waals surface area (Å²) >= 11 is 3.12. The lowest BCUT2D eigenvalue weighted by Gasteiger charge is -2.24. The maximum absolute atomic E-state index is 11.9. The average molecular weight is 329 g/mol. The van der Waals surface area contributed by atoms with Crippen LogP contribution in [0.3, 0.4) is 0 Å². The SMILES string of the molecule is C[C@H](C1CC1)N(C)C(=O)CNC(=O)c1ccc(Br)o1. The summed E-state index contributed by atoms with van der Waals surface area (Å²) in [5.41, 5.74) is 0. The van der Waals surface area contributed by atoms with E-state index in [9.17, 15) is 9.59 Å². The van der Waals surface area contributed by atoms with Gasteiger partial charge in [-0.1, -0.05) is 0 Å². The van der Waals surface area contributed by atoms with Gasteiger partial charge in [-0.3, -0.25) is 9.59 Å². The number of nitrogens with one attached hydrogen (secondary N) is 1. The van der Waals surface area contributed by atoms with Crippen molar-refractivity contribution in [1.29, 1.82) is 0 Å². The van der Waals surface area contributed by atoms with Crippen molar-refractivity contribution in [1.82, 2.24) is 10.2 Å². The number of likely N-dealkylation sites (N-methyl/N-ethyl adjacent to an activating group) is 1. The van der Waals surface area contributed by atoms with Gasteiger partial charge in [-0.2, -0.15) is 0 Å². The van der Waals surface area contributed by atoms with E-state index in [0.717, 1.165) is 0 Å². The van der Waals surface area contributed by atoms with Gasteiger partial charge in [-0.25, -0.2) is 0 Å². The molecule has 104 valence electrons. The van der Waals surface area contributed by atoms with Crippen molar-refractivity contribution in [3.8, 4) is 0 Å². The molecule has 2 amide bonds. The van der Waals surface area contributed by atoms with Crippen molar-refractivity contribution in [2.24, 2.45) is 5.92 Å². The second-order valence-corrected chi connectivity index (χ2v) is 5.65. The van der Waals surface area contributed by atoms with Crippen LogP contribution in [0.1, 0.15) is 30.3 Å². The molecule has 19 heavy (non-hydrogen) atoms. The number of nitrogens with zero attached hydrogens (tertiary/aromatic N) is 1. The summed E-state index contributed by atoms with van der Waals surface area (Å²) in [7, 11) is 1.78. The Labute approximate surface area is 120 Å². The molecular weight excluding hydrogens is 312 g/mol. The number of hydrogen-bond donors (Lipinski definition) is 1. The topological polar surface area (TPSA) is 62.6 Å². The Hall–Kier alpha value is -1.30. The van der Waals surface area contributed by atoms with Crippen LogP contribution in [0.5, 0.6) is 0 Å². The van der Waals surface area contributed by atoms with Crippen LogP contribution in [0.25, 0.3) is 0 Å². The lowest BCUT2D eigenvalue weighted by Crippen LogP contribution is -2.43. The quantitative estimate of drug-likeness (QED) is 0.899. The molecule has 0 aliphatic heterocycles. The summed E-state index contributed by atoms with van der Waals surface area (Å²) in [5.74, 6) is 0.341. The molecule has 1 N–H and O–H groups in total. The summed E-state index contributed by atoms with van der Waals surface area (Å²) in [6.07, 6.45) is 2.37. The van der Waals surface area contributed by atoms with Gasteiger partial charge >= 0.3 is 0 Å². The Bertz CT molecular complexity index is 482. The highest BCUT2D eigenvalue weighted by Gasteiger charge is 2.32. The molecular formula is C13H17BrN2O3. The van der Waals surface area contributed by atoms with Crippen LogP contribution >= 0.6 is 15.9 Å². The van der Waals surface area contributed by atoms with Crippen LogP contribution in [0.4, 0.5) is 0 Å². The number of hydrogen-bond acceptors (Lipinski definition) is 3. The standard InChI is InChI=1S/C13H17BrN2O3/c1-8(9-3-4-9)16(2)12(17)7-15-13(18)10-5-6-11(14)19-10/h5-6,8-9H,3-4,7H2,1-2H3,(H,15,18)/t8-/m1/s1. The Morgan fingerprint density at radius 2 is 2.21 bits per heavy atom. The predicted molar refractivity (Wildman–Crippen MR) is 73.7 cm³/mol. The summed E-state index contributed by atoms with van der Waals surface area (Å²) in [5, 5.41) is 2.56. The lowest BCUT2D eigenvalue weighted by molar-refractivity contribution is -0.130. The number of furan rings is 1. The van der Waals surface area contributed by atoms with Crippen molar-refractivity contribution in [2.45, 2.75) is 25.8 Å². The molecule has 1 fully saturated rings. The molecule has 0 unspecified atom stereocenters. The summed E-state index contributed by atoms with van der Waals surface area (Å²) < 4.78 is 5.60. The minimum Gasteiger partial charge on any atom is -0.444 e. The van der Waals surface area contributed by atoms with Gasteiger partial charge in [0.05, 0.1) is 6.54 Å². The van der Waals surface area contributed by atoms with Crippen LogP contribution in [0.2, 0.25) is 0 Å². The van der Waals surface area contributed by atoms with Gasteiger partial charge in [0.2, 0.25) is 5.91 Å². The zero-order chi connectivity index (χ0) is 14.0. The van der Waals surface area contributed by atoms with Crippen LogP contribution in [0.15, 0.2) is 21.2 Å². The highest BCUT2D eigenvalue weighted by atomic mass is 79.9. The minimum atomic E-state index is -0.383. The van der Waals surface area contributed by atoms with Gasteiger partial charge in [0.1, 0.15) is 0 Å². The van der Waals surface area contributed by atoms with E-state index in [1.165, 1.54) is 12.8 Å². The maximum atomic E-state index is 11.9. The summed E-state index contributed by atoms with van der Waals surface area (Å²) in [6, 6.07) is 3.43. The zero-order valence-corrected chi connectivity index (χ0v) is 12.6. The van der Waals surface area contributed by atoms with Gasteiger partial charge in [-0.05, 0) is 53.7 Å². The lowest BCUT2D eigenvalue weighted by atomic mass is 10.2. The third kappa shape index (κ3) is 3.59. The third-order valence-corrected chi connectivity index (χ3v) is 3.93. The highest BCUT2D eigenvalue weighted by molar-refractivity contribution is 9.10. The molecule has 0 saturated heterocycles. The smallest absolute Gasteiger partial charge is 0.287 e. The van der Waals surface area contributed by atoms with Crippen molar-refractivity contribution in [3.05, 3.63) is 22.6 Å². The first kappa shape index (κ1) is 14.1. The minimum absolute atomic E-state index is 0.00921. The molecule has 0 radical (unpaired) electrons. The molecule has 0 bridgehead atoms. The van der Waals surface area contributed by atoms with Crippen LogP contribution < -0.4 is 5.32 Å². The Morgan fingerprint density at radius 1 is 1.53 bits per heavy atom. The van der Waals surface area contributed by atoms with E-state index < -0.39 is 0 Å². The maximum Gasteiger partial charge on any atom is 0.287 e. The van der Waals surface area contributed by atoms with Crippen LogP contribution in [-0.2, 0) is 4.79 Å². The van der Waals surface area contributed by atoms with E-state index in [1.807, 2.05) is 6.92 Å². The monoisotopic (exact) mass is 328 g/mol. The van der Waals surface area contributed by atoms with E-state index in [-0.39, 0.29) is 30.2 Å². The molecule has 1 heterocycles. The first-order valence-electron chi connectivity index (χ1n) is 6.28. The van der Waals surface area contributed by atoms with Crippen molar-refractivity contribution < 1.29 is 14.0 Å². The van der Waals surface area contributed by atoms with Gasteiger partial charge in [0, 0.05) is 13.1 Å². The third-order valence-electron chi connectivity index (χ3n) is 3.51. The highest BCUT2D eigenvalue weighted by Crippen LogP contribution is 2.34. The first-order chi connectivity index (χ1) is 8.99. The van der Waals surface area contributed by atoms with Gasteiger partial charge in [0.15, 0.2) is 10.4 Å². The number of rotatable bonds is 5. The normalized spacial score (nSPS) is 15.9. The Balaban J connectivity index is 1.81. The van der Waals surface area contributed by atoms with Crippen molar-refractivity contribution >= 4 is 27.7 Å². The number of carbonyl (C=O) groups excluding carboxylic acids is 2. The van der Waals surface area contributed by atoms with Crippen molar-refractivity contribution in [2.75, 3.05) is 13.6 Å². The predicted octanol–water partition coefficient (Wildman–Crippen LogP) is 2.03. The number of amides is 2. The molecule has 2 rings (SSSR count). The van der Waals surface area contributed by atoms with E-state index >= 15 is 0 Å².